The summed E-state index contributed by atoms with van der Waals surface area (Å²) in [6.07, 6.45) is 2.37. The Balaban J connectivity index is 1.29. The molecule has 27 heavy (non-hydrogen) atoms. The molecule has 0 aliphatic carbocycles. The molecule has 2 aliphatic heterocycles. The zero-order chi connectivity index (χ0) is 18.6. The van der Waals surface area contributed by atoms with E-state index in [-0.39, 0.29) is 12.7 Å². The Morgan fingerprint density at radius 2 is 2.00 bits per heavy atom. The van der Waals surface area contributed by atoms with E-state index in [1.165, 1.54) is 12.8 Å². The van der Waals surface area contributed by atoms with Crippen LogP contribution >= 0.6 is 0 Å². The minimum absolute atomic E-state index is 0.187. The van der Waals surface area contributed by atoms with Crippen molar-refractivity contribution in [2.45, 2.75) is 19.8 Å². The van der Waals surface area contributed by atoms with E-state index in [1.807, 2.05) is 13.0 Å². The van der Waals surface area contributed by atoms with Crippen molar-refractivity contribution < 1.29 is 19.0 Å². The highest BCUT2D eigenvalue weighted by atomic mass is 16.7. The molecule has 1 aromatic heterocycles. The Morgan fingerprint density at radius 1 is 1.19 bits per heavy atom. The van der Waals surface area contributed by atoms with Crippen molar-refractivity contribution in [1.82, 2.24) is 15.3 Å². The van der Waals surface area contributed by atoms with Gasteiger partial charge in [0.25, 0.3) is 5.91 Å². The van der Waals surface area contributed by atoms with Crippen molar-refractivity contribution in [2.24, 2.45) is 0 Å². The number of hydrogen-bond donors (Lipinski definition) is 1. The maximum Gasteiger partial charge on any atom is 0.251 e. The van der Waals surface area contributed by atoms with Crippen LogP contribution in [0.2, 0.25) is 0 Å². The molecular weight excluding hydrogens is 348 g/mol. The molecule has 4 rings (SSSR count). The van der Waals surface area contributed by atoms with E-state index in [4.69, 9.17) is 14.2 Å². The normalized spacial score (nSPS) is 15.1. The number of benzene rings is 1. The molecule has 3 heterocycles. The van der Waals surface area contributed by atoms with Crippen LogP contribution in [0.4, 0.5) is 5.82 Å². The predicted molar refractivity (Wildman–Crippen MR) is 98.6 cm³/mol. The number of carbonyl (C=O) groups is 1. The van der Waals surface area contributed by atoms with E-state index in [9.17, 15) is 4.79 Å². The average Bonchev–Trinajstić information content (AvgIpc) is 3.35. The van der Waals surface area contributed by atoms with Gasteiger partial charge >= 0.3 is 0 Å². The van der Waals surface area contributed by atoms with Crippen LogP contribution in [0.25, 0.3) is 0 Å². The fourth-order valence-corrected chi connectivity index (χ4v) is 3.17. The lowest BCUT2D eigenvalue weighted by Crippen LogP contribution is -2.28. The zero-order valence-corrected chi connectivity index (χ0v) is 15.2. The summed E-state index contributed by atoms with van der Waals surface area (Å²) in [6, 6.07) is 6.98. The van der Waals surface area contributed by atoms with Crippen molar-refractivity contribution in [3.05, 3.63) is 35.7 Å². The van der Waals surface area contributed by atoms with Crippen LogP contribution < -0.4 is 24.4 Å². The number of amides is 1. The molecule has 0 saturated carbocycles. The summed E-state index contributed by atoms with van der Waals surface area (Å²) in [6.45, 7) is 4.77. The van der Waals surface area contributed by atoms with Gasteiger partial charge in [-0.1, -0.05) is 0 Å². The Kier molecular flexibility index (Phi) is 4.95. The number of fused-ring (bicyclic) bond motifs is 1. The fourth-order valence-electron chi connectivity index (χ4n) is 3.17. The molecule has 2 aromatic rings. The van der Waals surface area contributed by atoms with E-state index in [2.05, 4.69) is 20.2 Å². The van der Waals surface area contributed by atoms with Gasteiger partial charge in [0.05, 0.1) is 6.54 Å². The maximum absolute atomic E-state index is 12.2. The Bertz CT molecular complexity index is 836. The van der Waals surface area contributed by atoms with E-state index in [0.717, 1.165) is 18.9 Å². The maximum atomic E-state index is 12.2. The highest BCUT2D eigenvalue weighted by Crippen LogP contribution is 2.32. The van der Waals surface area contributed by atoms with Gasteiger partial charge in [0.2, 0.25) is 12.7 Å². The highest BCUT2D eigenvalue weighted by molar-refractivity contribution is 5.94. The molecule has 0 atom stereocenters. The van der Waals surface area contributed by atoms with Crippen LogP contribution in [0, 0.1) is 6.92 Å². The largest absolute Gasteiger partial charge is 0.476 e. The number of ether oxygens (including phenoxy) is 3. The fraction of sp³-hybridized carbons (Fsp3) is 0.421. The molecule has 1 aromatic carbocycles. The Labute approximate surface area is 157 Å². The van der Waals surface area contributed by atoms with Crippen LogP contribution in [0.5, 0.6) is 17.4 Å². The number of nitrogens with one attached hydrogen (secondary N) is 1. The molecule has 1 fully saturated rings. The van der Waals surface area contributed by atoms with Gasteiger partial charge in [-0.25, -0.2) is 4.98 Å². The number of carbonyl (C=O) groups excluding carboxylic acids is 1. The topological polar surface area (TPSA) is 85.8 Å². The predicted octanol–water partition coefficient (Wildman–Crippen LogP) is 1.92. The highest BCUT2D eigenvalue weighted by Gasteiger charge is 2.17. The van der Waals surface area contributed by atoms with Gasteiger partial charge in [-0.2, -0.15) is 4.98 Å². The first kappa shape index (κ1) is 17.4. The van der Waals surface area contributed by atoms with Crippen LogP contribution in [-0.4, -0.2) is 48.9 Å². The molecule has 1 saturated heterocycles. The summed E-state index contributed by atoms with van der Waals surface area (Å²) in [7, 11) is 0. The van der Waals surface area contributed by atoms with Gasteiger partial charge in [-0.05, 0) is 38.0 Å². The quantitative estimate of drug-likeness (QED) is 0.778. The molecule has 1 amide bonds. The van der Waals surface area contributed by atoms with E-state index < -0.39 is 0 Å². The lowest BCUT2D eigenvalue weighted by Gasteiger charge is -2.17. The first-order valence-electron chi connectivity index (χ1n) is 9.10. The number of aryl methyl sites for hydroxylation is 1. The summed E-state index contributed by atoms with van der Waals surface area (Å²) in [5.41, 5.74) is 0.522. The third kappa shape index (κ3) is 4.05. The zero-order valence-electron chi connectivity index (χ0n) is 15.2. The minimum atomic E-state index is -0.187. The molecule has 0 unspecified atom stereocenters. The van der Waals surface area contributed by atoms with Crippen LogP contribution in [-0.2, 0) is 0 Å². The molecule has 0 radical (unpaired) electrons. The minimum Gasteiger partial charge on any atom is -0.476 e. The summed E-state index contributed by atoms with van der Waals surface area (Å²) in [5.74, 6) is 3.17. The smallest absolute Gasteiger partial charge is 0.251 e. The third-order valence-electron chi connectivity index (χ3n) is 4.50. The van der Waals surface area contributed by atoms with E-state index in [0.29, 0.717) is 41.9 Å². The first-order valence-corrected chi connectivity index (χ1v) is 9.10. The van der Waals surface area contributed by atoms with Crippen molar-refractivity contribution in [1.29, 1.82) is 0 Å². The third-order valence-corrected chi connectivity index (χ3v) is 4.50. The average molecular weight is 370 g/mol. The molecule has 8 nitrogen and oxygen atoms in total. The van der Waals surface area contributed by atoms with Gasteiger partial charge in [-0.15, -0.1) is 0 Å². The lowest BCUT2D eigenvalue weighted by molar-refractivity contribution is 0.0946. The molecule has 0 spiro atoms. The lowest BCUT2D eigenvalue weighted by atomic mass is 10.2. The number of hydrogen-bond acceptors (Lipinski definition) is 7. The molecule has 1 N–H and O–H groups in total. The van der Waals surface area contributed by atoms with Crippen molar-refractivity contribution in [2.75, 3.05) is 37.9 Å². The van der Waals surface area contributed by atoms with Gasteiger partial charge in [0.15, 0.2) is 11.5 Å². The second-order valence-electron chi connectivity index (χ2n) is 6.48. The van der Waals surface area contributed by atoms with Crippen LogP contribution in [0.3, 0.4) is 0 Å². The SMILES string of the molecule is Cc1nc(OCCNC(=O)c2ccc3c(c2)OCO3)cc(N2CCCC2)n1. The van der Waals surface area contributed by atoms with E-state index in [1.54, 1.807) is 18.2 Å². The second-order valence-corrected chi connectivity index (χ2v) is 6.48. The van der Waals surface area contributed by atoms with Crippen LogP contribution in [0.15, 0.2) is 24.3 Å². The second kappa shape index (κ2) is 7.69. The number of anilines is 1. The number of nitrogens with zero attached hydrogens (tertiary/aromatic N) is 3. The van der Waals surface area contributed by atoms with Crippen molar-refractivity contribution in [3.8, 4) is 17.4 Å². The molecule has 142 valence electrons. The molecular formula is C19H22N4O4. The first-order chi connectivity index (χ1) is 13.2. The van der Waals surface area contributed by atoms with Crippen molar-refractivity contribution in [3.63, 3.8) is 0 Å². The summed E-state index contributed by atoms with van der Waals surface area (Å²) >= 11 is 0. The van der Waals surface area contributed by atoms with Gasteiger partial charge in [-0.3, -0.25) is 4.79 Å². The monoisotopic (exact) mass is 370 g/mol. The molecule has 8 heteroatoms. The number of aromatic nitrogens is 2. The summed E-state index contributed by atoms with van der Waals surface area (Å²) in [4.78, 5) is 23.3. The Hall–Kier alpha value is -3.03. The van der Waals surface area contributed by atoms with E-state index >= 15 is 0 Å². The number of rotatable bonds is 6. The summed E-state index contributed by atoms with van der Waals surface area (Å²) < 4.78 is 16.2. The molecule has 2 aliphatic rings. The summed E-state index contributed by atoms with van der Waals surface area (Å²) in [5, 5.41) is 2.83. The van der Waals surface area contributed by atoms with Gasteiger partial charge in [0, 0.05) is 24.7 Å². The molecule has 0 bridgehead atoms. The van der Waals surface area contributed by atoms with Crippen molar-refractivity contribution >= 4 is 11.7 Å². The Morgan fingerprint density at radius 3 is 2.85 bits per heavy atom. The van der Waals surface area contributed by atoms with Gasteiger partial charge < -0.3 is 24.4 Å². The van der Waals surface area contributed by atoms with Gasteiger partial charge in [0.1, 0.15) is 18.2 Å². The van der Waals surface area contributed by atoms with Crippen LogP contribution in [0.1, 0.15) is 29.0 Å². The standard InChI is InChI=1S/C19H22N4O4/c1-13-21-17(23-7-2-3-8-23)11-18(22-13)25-9-6-20-19(24)14-4-5-15-16(10-14)27-12-26-15/h4-5,10-11H,2-3,6-9,12H2,1H3,(H,20,24).